The summed E-state index contributed by atoms with van der Waals surface area (Å²) in [7, 11) is 2.07. The highest BCUT2D eigenvalue weighted by Gasteiger charge is 2.22. The number of hydrogen-bond acceptors (Lipinski definition) is 4. The van der Waals surface area contributed by atoms with Crippen LogP contribution in [0.3, 0.4) is 0 Å². The van der Waals surface area contributed by atoms with Crippen LogP contribution in [0.25, 0.3) is 11.0 Å². The van der Waals surface area contributed by atoms with Gasteiger partial charge in [-0.1, -0.05) is 6.07 Å². The lowest BCUT2D eigenvalue weighted by atomic mass is 10.1. The van der Waals surface area contributed by atoms with Gasteiger partial charge in [-0.15, -0.1) is 0 Å². The van der Waals surface area contributed by atoms with E-state index in [9.17, 15) is 9.90 Å². The number of para-hydroxylation sites is 1. The van der Waals surface area contributed by atoms with Crippen molar-refractivity contribution in [2.45, 2.75) is 19.6 Å². The maximum Gasteiger partial charge on any atom is 0.337 e. The van der Waals surface area contributed by atoms with Crippen LogP contribution in [0.4, 0.5) is 0 Å². The van der Waals surface area contributed by atoms with Crippen molar-refractivity contribution < 1.29 is 14.6 Å². The number of carbonyl (C=O) groups is 1. The number of benzene rings is 1. The van der Waals surface area contributed by atoms with Crippen molar-refractivity contribution in [3.05, 3.63) is 29.6 Å². The third kappa shape index (κ3) is 2.64. The molecule has 1 N–H and O–H groups in total. The average Bonchev–Trinajstić information content (AvgIpc) is 2.75. The molecule has 1 fully saturated rings. The highest BCUT2D eigenvalue weighted by atomic mass is 16.5. The zero-order chi connectivity index (χ0) is 15.0. The number of hydrogen-bond donors (Lipinski definition) is 1. The molecule has 0 saturated carbocycles. The standard InChI is InChI=1S/C15H19N3O3/c1-10-16-13-5-3-4-12(15(19)20)14(13)18(10)9-11-8-17(2)6-7-21-11/h3-5,11H,6-9H2,1-2H3,(H,19,20). The van der Waals surface area contributed by atoms with Gasteiger partial charge in [0.25, 0.3) is 0 Å². The third-order valence-corrected chi connectivity index (χ3v) is 3.92. The summed E-state index contributed by atoms with van der Waals surface area (Å²) in [6.07, 6.45) is 0.0571. The minimum Gasteiger partial charge on any atom is -0.478 e. The zero-order valence-electron chi connectivity index (χ0n) is 12.2. The van der Waals surface area contributed by atoms with Gasteiger partial charge in [0.1, 0.15) is 5.82 Å². The summed E-state index contributed by atoms with van der Waals surface area (Å²) in [4.78, 5) is 18.1. The Kier molecular flexibility index (Phi) is 3.65. The Morgan fingerprint density at radius 2 is 2.33 bits per heavy atom. The van der Waals surface area contributed by atoms with Gasteiger partial charge in [-0.05, 0) is 26.1 Å². The maximum atomic E-state index is 11.4. The van der Waals surface area contributed by atoms with Crippen molar-refractivity contribution in [3.63, 3.8) is 0 Å². The average molecular weight is 289 g/mol. The maximum absolute atomic E-state index is 11.4. The van der Waals surface area contributed by atoms with Crippen molar-refractivity contribution in [2.24, 2.45) is 0 Å². The molecular formula is C15H19N3O3. The molecule has 112 valence electrons. The number of carboxylic acid groups (broad SMARTS) is 1. The van der Waals surface area contributed by atoms with E-state index in [4.69, 9.17) is 4.74 Å². The van der Waals surface area contributed by atoms with Crippen molar-refractivity contribution in [2.75, 3.05) is 26.7 Å². The van der Waals surface area contributed by atoms with E-state index in [0.29, 0.717) is 18.7 Å². The summed E-state index contributed by atoms with van der Waals surface area (Å²) in [6.45, 7) is 5.00. The van der Waals surface area contributed by atoms with Crippen LogP contribution in [0.2, 0.25) is 0 Å². The molecule has 2 heterocycles. The molecule has 21 heavy (non-hydrogen) atoms. The first-order valence-corrected chi connectivity index (χ1v) is 7.05. The van der Waals surface area contributed by atoms with E-state index in [1.165, 1.54) is 0 Å². The van der Waals surface area contributed by atoms with Crippen LogP contribution in [0, 0.1) is 6.92 Å². The van der Waals surface area contributed by atoms with Crippen LogP contribution >= 0.6 is 0 Å². The summed E-state index contributed by atoms with van der Waals surface area (Å²) < 4.78 is 7.75. The molecule has 1 aromatic heterocycles. The fraction of sp³-hybridized carbons (Fsp3) is 0.467. The number of likely N-dealkylation sites (N-methyl/N-ethyl adjacent to an activating group) is 1. The lowest BCUT2D eigenvalue weighted by Gasteiger charge is -2.30. The van der Waals surface area contributed by atoms with Gasteiger partial charge in [-0.25, -0.2) is 9.78 Å². The smallest absolute Gasteiger partial charge is 0.337 e. The highest BCUT2D eigenvalue weighted by molar-refractivity contribution is 6.01. The van der Waals surface area contributed by atoms with Gasteiger partial charge in [0.05, 0.1) is 35.9 Å². The van der Waals surface area contributed by atoms with Crippen LogP contribution in [-0.2, 0) is 11.3 Å². The Balaban J connectivity index is 2.01. The molecular weight excluding hydrogens is 270 g/mol. The summed E-state index contributed by atoms with van der Waals surface area (Å²) in [5.74, 6) is -0.112. The van der Waals surface area contributed by atoms with Gasteiger partial charge in [0.15, 0.2) is 0 Å². The van der Waals surface area contributed by atoms with Crippen molar-refractivity contribution in [3.8, 4) is 0 Å². The molecule has 1 saturated heterocycles. The Morgan fingerprint density at radius 1 is 1.52 bits per heavy atom. The predicted molar refractivity (Wildman–Crippen MR) is 78.7 cm³/mol. The van der Waals surface area contributed by atoms with E-state index in [0.717, 1.165) is 24.4 Å². The normalized spacial score (nSPS) is 20.0. The molecule has 0 amide bonds. The van der Waals surface area contributed by atoms with E-state index in [1.807, 2.05) is 17.6 Å². The summed E-state index contributed by atoms with van der Waals surface area (Å²) in [5, 5.41) is 9.38. The molecule has 0 bridgehead atoms. The molecule has 1 atom stereocenters. The number of aromatic nitrogens is 2. The van der Waals surface area contributed by atoms with Crippen molar-refractivity contribution >= 4 is 17.0 Å². The van der Waals surface area contributed by atoms with E-state index >= 15 is 0 Å². The Hall–Kier alpha value is -1.92. The quantitative estimate of drug-likeness (QED) is 0.924. The number of rotatable bonds is 3. The Bertz CT molecular complexity index is 680. The highest BCUT2D eigenvalue weighted by Crippen LogP contribution is 2.22. The van der Waals surface area contributed by atoms with E-state index < -0.39 is 5.97 Å². The topological polar surface area (TPSA) is 67.6 Å². The number of morpholine rings is 1. The summed E-state index contributed by atoms with van der Waals surface area (Å²) in [6, 6.07) is 5.20. The van der Waals surface area contributed by atoms with E-state index in [-0.39, 0.29) is 11.7 Å². The molecule has 0 spiro atoms. The van der Waals surface area contributed by atoms with Gasteiger partial charge in [0, 0.05) is 13.1 Å². The van der Waals surface area contributed by atoms with Crippen molar-refractivity contribution in [1.82, 2.24) is 14.5 Å². The number of aromatic carboxylic acids is 1. The second kappa shape index (κ2) is 5.46. The lowest BCUT2D eigenvalue weighted by molar-refractivity contribution is -0.0272. The number of imidazole rings is 1. The van der Waals surface area contributed by atoms with Gasteiger partial charge in [-0.3, -0.25) is 0 Å². The number of aryl methyl sites for hydroxylation is 1. The third-order valence-electron chi connectivity index (χ3n) is 3.92. The number of carboxylic acids is 1. The summed E-state index contributed by atoms with van der Waals surface area (Å²) in [5.41, 5.74) is 1.69. The molecule has 6 heteroatoms. The minimum atomic E-state index is -0.927. The van der Waals surface area contributed by atoms with Crippen LogP contribution in [0.15, 0.2) is 18.2 Å². The first-order valence-electron chi connectivity index (χ1n) is 7.05. The van der Waals surface area contributed by atoms with Crippen LogP contribution in [0.5, 0.6) is 0 Å². The molecule has 3 rings (SSSR count). The first kappa shape index (κ1) is 14.0. The number of ether oxygens (including phenoxy) is 1. The molecule has 1 aromatic carbocycles. The van der Waals surface area contributed by atoms with Crippen LogP contribution < -0.4 is 0 Å². The first-order chi connectivity index (χ1) is 10.1. The van der Waals surface area contributed by atoms with Crippen molar-refractivity contribution in [1.29, 1.82) is 0 Å². The monoisotopic (exact) mass is 289 g/mol. The second-order valence-corrected chi connectivity index (χ2v) is 5.50. The molecule has 0 aliphatic carbocycles. The molecule has 1 unspecified atom stereocenters. The van der Waals surface area contributed by atoms with E-state index in [1.54, 1.807) is 12.1 Å². The molecule has 0 radical (unpaired) electrons. The molecule has 1 aliphatic rings. The minimum absolute atomic E-state index is 0.0571. The fourth-order valence-electron chi connectivity index (χ4n) is 2.88. The fourth-order valence-corrected chi connectivity index (χ4v) is 2.88. The van der Waals surface area contributed by atoms with Gasteiger partial charge in [0.2, 0.25) is 0 Å². The molecule has 2 aromatic rings. The van der Waals surface area contributed by atoms with Crippen LogP contribution in [-0.4, -0.2) is 58.4 Å². The SMILES string of the molecule is Cc1nc2cccc(C(=O)O)c2n1CC1CN(C)CCO1. The van der Waals surface area contributed by atoms with Gasteiger partial charge < -0.3 is 19.3 Å². The number of nitrogens with zero attached hydrogens (tertiary/aromatic N) is 3. The number of fused-ring (bicyclic) bond motifs is 1. The van der Waals surface area contributed by atoms with Gasteiger partial charge >= 0.3 is 5.97 Å². The Labute approximate surface area is 122 Å². The van der Waals surface area contributed by atoms with Crippen LogP contribution in [0.1, 0.15) is 16.2 Å². The second-order valence-electron chi connectivity index (χ2n) is 5.50. The molecule has 1 aliphatic heterocycles. The van der Waals surface area contributed by atoms with Gasteiger partial charge in [-0.2, -0.15) is 0 Å². The Morgan fingerprint density at radius 3 is 3.05 bits per heavy atom. The zero-order valence-corrected chi connectivity index (χ0v) is 12.2. The lowest BCUT2D eigenvalue weighted by Crippen LogP contribution is -2.42. The molecule has 6 nitrogen and oxygen atoms in total. The predicted octanol–water partition coefficient (Wildman–Crippen LogP) is 1.37. The largest absolute Gasteiger partial charge is 0.478 e. The van der Waals surface area contributed by atoms with E-state index in [2.05, 4.69) is 16.9 Å². The summed E-state index contributed by atoms with van der Waals surface area (Å²) >= 11 is 0.